The first-order valence-corrected chi connectivity index (χ1v) is 10.7. The van der Waals surface area contributed by atoms with Crippen LogP contribution in [0, 0.1) is 10.1 Å². The molecule has 0 saturated carbocycles. The van der Waals surface area contributed by atoms with Gasteiger partial charge in [0.25, 0.3) is 0 Å². The minimum absolute atomic E-state index is 0.0643. The van der Waals surface area contributed by atoms with Gasteiger partial charge in [-0.25, -0.2) is 0 Å². The molecule has 26 heavy (non-hydrogen) atoms. The van der Waals surface area contributed by atoms with Crippen molar-refractivity contribution in [1.29, 1.82) is 0 Å². The summed E-state index contributed by atoms with van der Waals surface area (Å²) in [5, 5.41) is 10.9. The minimum atomic E-state index is -2.63. The van der Waals surface area contributed by atoms with E-state index >= 15 is 0 Å². The lowest BCUT2D eigenvalue weighted by atomic mass is 10.2. The number of hydrogen-bond acceptors (Lipinski definition) is 7. The molecule has 0 fully saturated rings. The molecule has 0 aromatic heterocycles. The number of nitrogens with zero attached hydrogens (tertiary/aromatic N) is 2. The topological polar surface area (TPSA) is 92.4 Å². The second-order valence-electron chi connectivity index (χ2n) is 5.31. The molecule has 1 aromatic carbocycles. The SMILES string of the molecule is CCO[Si](CCCN=Cc1ccc([N+](=O)[O-])c(OC)c1)(OCC)OCC. The Bertz CT molecular complexity index is 580. The van der Waals surface area contributed by atoms with Crippen LogP contribution in [0.2, 0.25) is 6.04 Å². The van der Waals surface area contributed by atoms with Crippen molar-refractivity contribution in [3.05, 3.63) is 33.9 Å². The third-order valence-corrected chi connectivity index (χ3v) is 6.66. The molecule has 0 aliphatic heterocycles. The van der Waals surface area contributed by atoms with Crippen molar-refractivity contribution >= 4 is 20.7 Å². The molecule has 0 N–H and O–H groups in total. The van der Waals surface area contributed by atoms with E-state index in [4.69, 9.17) is 18.0 Å². The standard InChI is InChI=1S/C17H28N2O6Si/c1-5-23-26(24-6-2,25-7-3)12-8-11-18-14-15-9-10-16(19(20)21)17(13-15)22-4/h9-10,13-14H,5-8,11-12H2,1-4H3. The molecule has 0 aliphatic carbocycles. The van der Waals surface area contributed by atoms with E-state index in [-0.39, 0.29) is 11.4 Å². The van der Waals surface area contributed by atoms with Crippen molar-refractivity contribution in [2.24, 2.45) is 4.99 Å². The predicted octanol–water partition coefficient (Wildman–Crippen LogP) is 3.46. The van der Waals surface area contributed by atoms with Gasteiger partial charge in [0.1, 0.15) is 0 Å². The summed E-state index contributed by atoms with van der Waals surface area (Å²) < 4.78 is 22.5. The van der Waals surface area contributed by atoms with Crippen molar-refractivity contribution in [2.75, 3.05) is 33.5 Å². The van der Waals surface area contributed by atoms with Gasteiger partial charge in [-0.3, -0.25) is 15.1 Å². The molecule has 1 rings (SSSR count). The summed E-state index contributed by atoms with van der Waals surface area (Å²) in [5.74, 6) is 0.217. The van der Waals surface area contributed by atoms with Crippen LogP contribution in [0.5, 0.6) is 5.75 Å². The zero-order valence-electron chi connectivity index (χ0n) is 15.9. The fourth-order valence-corrected chi connectivity index (χ4v) is 5.08. The number of nitro benzene ring substituents is 1. The van der Waals surface area contributed by atoms with E-state index in [1.54, 1.807) is 18.3 Å². The Morgan fingerprint density at radius 1 is 1.15 bits per heavy atom. The Kier molecular flexibility index (Phi) is 10.0. The van der Waals surface area contributed by atoms with Gasteiger partial charge < -0.3 is 18.0 Å². The molecule has 0 amide bonds. The van der Waals surface area contributed by atoms with Crippen LogP contribution >= 0.6 is 0 Å². The van der Waals surface area contributed by atoms with Crippen molar-refractivity contribution in [1.82, 2.24) is 0 Å². The highest BCUT2D eigenvalue weighted by Crippen LogP contribution is 2.27. The number of rotatable bonds is 13. The molecule has 1 aromatic rings. The summed E-state index contributed by atoms with van der Waals surface area (Å²) >= 11 is 0. The first kappa shape index (κ1) is 22.2. The van der Waals surface area contributed by atoms with E-state index in [1.807, 2.05) is 20.8 Å². The summed E-state index contributed by atoms with van der Waals surface area (Å²) in [6.07, 6.45) is 2.45. The summed E-state index contributed by atoms with van der Waals surface area (Å²) in [6, 6.07) is 5.35. The number of nitro groups is 1. The Morgan fingerprint density at radius 2 is 1.77 bits per heavy atom. The molecule has 8 nitrogen and oxygen atoms in total. The van der Waals surface area contributed by atoms with E-state index in [0.29, 0.717) is 32.4 Å². The molecule has 9 heteroatoms. The Morgan fingerprint density at radius 3 is 2.27 bits per heavy atom. The molecular formula is C17H28N2O6Si. The maximum Gasteiger partial charge on any atom is 0.500 e. The fraction of sp³-hybridized carbons (Fsp3) is 0.588. The third kappa shape index (κ3) is 6.83. The van der Waals surface area contributed by atoms with Gasteiger partial charge >= 0.3 is 14.5 Å². The first-order valence-electron chi connectivity index (χ1n) is 8.76. The van der Waals surface area contributed by atoms with Crippen LogP contribution in [0.1, 0.15) is 32.8 Å². The maximum atomic E-state index is 10.9. The van der Waals surface area contributed by atoms with Gasteiger partial charge in [-0.15, -0.1) is 0 Å². The van der Waals surface area contributed by atoms with E-state index in [9.17, 15) is 10.1 Å². The Balaban J connectivity index is 2.64. The van der Waals surface area contributed by atoms with Crippen LogP contribution in [-0.2, 0) is 13.3 Å². The van der Waals surface area contributed by atoms with E-state index in [0.717, 1.165) is 12.0 Å². The van der Waals surface area contributed by atoms with Gasteiger partial charge in [-0.05, 0) is 44.9 Å². The molecule has 0 heterocycles. The average Bonchev–Trinajstić information content (AvgIpc) is 2.61. The molecule has 146 valence electrons. The lowest BCUT2D eigenvalue weighted by molar-refractivity contribution is -0.385. The normalized spacial score (nSPS) is 11.8. The predicted molar refractivity (Wildman–Crippen MR) is 102 cm³/mol. The quantitative estimate of drug-likeness (QED) is 0.170. The van der Waals surface area contributed by atoms with Crippen LogP contribution in [0.15, 0.2) is 23.2 Å². The molecule has 0 radical (unpaired) electrons. The lowest BCUT2D eigenvalue weighted by Crippen LogP contribution is -2.46. The van der Waals surface area contributed by atoms with Crippen LogP contribution < -0.4 is 4.74 Å². The largest absolute Gasteiger partial charge is 0.500 e. The summed E-state index contributed by atoms with van der Waals surface area (Å²) in [5.41, 5.74) is 0.681. The van der Waals surface area contributed by atoms with E-state index in [2.05, 4.69) is 4.99 Å². The van der Waals surface area contributed by atoms with Crippen molar-refractivity contribution in [3.8, 4) is 5.75 Å². The minimum Gasteiger partial charge on any atom is -0.490 e. The number of aliphatic imine (C=N–C) groups is 1. The molecule has 0 aliphatic rings. The fourth-order valence-electron chi connectivity index (χ4n) is 2.48. The number of ether oxygens (including phenoxy) is 1. The van der Waals surface area contributed by atoms with Crippen LogP contribution in [0.25, 0.3) is 0 Å². The van der Waals surface area contributed by atoms with Gasteiger partial charge in [0.2, 0.25) is 0 Å². The highest BCUT2D eigenvalue weighted by Gasteiger charge is 2.39. The number of methoxy groups -OCH3 is 1. The van der Waals surface area contributed by atoms with E-state index in [1.165, 1.54) is 13.2 Å². The molecule has 0 saturated heterocycles. The molecular weight excluding hydrogens is 356 g/mol. The smallest absolute Gasteiger partial charge is 0.490 e. The van der Waals surface area contributed by atoms with Crippen LogP contribution in [0.4, 0.5) is 5.69 Å². The third-order valence-electron chi connectivity index (χ3n) is 3.50. The summed E-state index contributed by atoms with van der Waals surface area (Å²) in [6.45, 7) is 8.04. The second-order valence-corrected chi connectivity index (χ2v) is 8.04. The monoisotopic (exact) mass is 384 g/mol. The Labute approximate surface area is 155 Å². The zero-order valence-corrected chi connectivity index (χ0v) is 16.9. The first-order chi connectivity index (χ1) is 12.5. The average molecular weight is 385 g/mol. The van der Waals surface area contributed by atoms with Crippen molar-refractivity contribution in [2.45, 2.75) is 33.2 Å². The lowest BCUT2D eigenvalue weighted by Gasteiger charge is -2.28. The van der Waals surface area contributed by atoms with Crippen molar-refractivity contribution in [3.63, 3.8) is 0 Å². The second kappa shape index (κ2) is 11.7. The Hall–Kier alpha value is -1.81. The zero-order chi connectivity index (χ0) is 19.4. The molecule has 0 spiro atoms. The maximum absolute atomic E-state index is 10.9. The van der Waals surface area contributed by atoms with Gasteiger partial charge in [-0.1, -0.05) is 0 Å². The summed E-state index contributed by atoms with van der Waals surface area (Å²) in [4.78, 5) is 14.8. The van der Waals surface area contributed by atoms with Crippen LogP contribution in [0.3, 0.4) is 0 Å². The number of benzene rings is 1. The van der Waals surface area contributed by atoms with Gasteiger partial charge in [-0.2, -0.15) is 0 Å². The highest BCUT2D eigenvalue weighted by atomic mass is 28.4. The molecule has 0 bridgehead atoms. The number of hydrogen-bond donors (Lipinski definition) is 0. The summed E-state index contributed by atoms with van der Waals surface area (Å²) in [7, 11) is -1.22. The van der Waals surface area contributed by atoms with Gasteiger partial charge in [0.15, 0.2) is 5.75 Å². The van der Waals surface area contributed by atoms with E-state index < -0.39 is 13.7 Å². The van der Waals surface area contributed by atoms with Gasteiger partial charge in [0, 0.05) is 44.7 Å². The molecule has 0 atom stereocenters. The van der Waals surface area contributed by atoms with Gasteiger partial charge in [0.05, 0.1) is 12.0 Å². The highest BCUT2D eigenvalue weighted by molar-refractivity contribution is 6.60. The van der Waals surface area contributed by atoms with Crippen molar-refractivity contribution < 1.29 is 22.9 Å². The molecule has 0 unspecified atom stereocenters. The van der Waals surface area contributed by atoms with Crippen LogP contribution in [-0.4, -0.2) is 53.4 Å².